The third-order valence-electron chi connectivity index (χ3n) is 7.28. The zero-order valence-electron chi connectivity index (χ0n) is 23.4. The summed E-state index contributed by atoms with van der Waals surface area (Å²) in [5.41, 5.74) is 3.66. The van der Waals surface area contributed by atoms with Crippen molar-refractivity contribution in [3.8, 4) is 17.0 Å². The van der Waals surface area contributed by atoms with Gasteiger partial charge in [-0.3, -0.25) is 9.59 Å². The molecule has 41 heavy (non-hydrogen) atoms. The standard InChI is InChI=1S/C33H35N5O3/c1-41-29-15-8-14-28(23-29)30-16-17-31(35-34-30)36-18-9-19-37(21-20-36)33(40)25-38(24-27-12-6-3-7-13-27)32(39)22-26-10-4-2-5-11-26/h2-8,10-17,23H,9,18-22,24-25H2,1H3. The average molecular weight is 550 g/mol. The lowest BCUT2D eigenvalue weighted by molar-refractivity contribution is -0.140. The zero-order valence-corrected chi connectivity index (χ0v) is 23.4. The molecule has 1 saturated heterocycles. The number of amides is 2. The van der Waals surface area contributed by atoms with Gasteiger partial charge in [-0.15, -0.1) is 10.2 Å². The van der Waals surface area contributed by atoms with Gasteiger partial charge in [0.15, 0.2) is 5.82 Å². The molecule has 0 bridgehead atoms. The first kappa shape index (κ1) is 27.8. The molecule has 1 aromatic heterocycles. The molecule has 1 aliphatic rings. The summed E-state index contributed by atoms with van der Waals surface area (Å²) < 4.78 is 5.32. The van der Waals surface area contributed by atoms with Crippen molar-refractivity contribution in [3.63, 3.8) is 0 Å². The first-order valence-corrected chi connectivity index (χ1v) is 14.0. The van der Waals surface area contributed by atoms with E-state index in [1.54, 1.807) is 12.0 Å². The zero-order chi connectivity index (χ0) is 28.4. The lowest BCUT2D eigenvalue weighted by Gasteiger charge is -2.27. The molecule has 8 heteroatoms. The Morgan fingerprint density at radius 3 is 2.27 bits per heavy atom. The fourth-order valence-corrected chi connectivity index (χ4v) is 5.01. The van der Waals surface area contributed by atoms with Crippen LogP contribution in [0.2, 0.25) is 0 Å². The summed E-state index contributed by atoms with van der Waals surface area (Å²) in [5.74, 6) is 1.46. The molecule has 1 aliphatic heterocycles. The van der Waals surface area contributed by atoms with Crippen molar-refractivity contribution in [1.82, 2.24) is 20.0 Å². The second-order valence-corrected chi connectivity index (χ2v) is 10.1. The molecule has 0 saturated carbocycles. The van der Waals surface area contributed by atoms with Crippen molar-refractivity contribution in [3.05, 3.63) is 108 Å². The van der Waals surface area contributed by atoms with Gasteiger partial charge in [-0.05, 0) is 41.8 Å². The minimum atomic E-state index is -0.0590. The molecule has 0 unspecified atom stereocenters. The highest BCUT2D eigenvalue weighted by atomic mass is 16.5. The Labute approximate surface area is 241 Å². The highest BCUT2D eigenvalue weighted by Gasteiger charge is 2.24. The Morgan fingerprint density at radius 2 is 1.56 bits per heavy atom. The van der Waals surface area contributed by atoms with Crippen molar-refractivity contribution in [2.45, 2.75) is 19.4 Å². The predicted molar refractivity (Wildman–Crippen MR) is 159 cm³/mol. The number of aromatic nitrogens is 2. The van der Waals surface area contributed by atoms with E-state index >= 15 is 0 Å². The molecule has 3 aromatic carbocycles. The second kappa shape index (κ2) is 13.6. The largest absolute Gasteiger partial charge is 0.497 e. The van der Waals surface area contributed by atoms with Crippen LogP contribution in [-0.4, -0.2) is 71.6 Å². The van der Waals surface area contributed by atoms with Crippen molar-refractivity contribution in [2.75, 3.05) is 44.7 Å². The van der Waals surface area contributed by atoms with Crippen LogP contribution >= 0.6 is 0 Å². The fourth-order valence-electron chi connectivity index (χ4n) is 5.01. The Bertz CT molecular complexity index is 1430. The highest BCUT2D eigenvalue weighted by Crippen LogP contribution is 2.23. The van der Waals surface area contributed by atoms with Gasteiger partial charge >= 0.3 is 0 Å². The molecule has 0 radical (unpaired) electrons. The van der Waals surface area contributed by atoms with E-state index in [1.165, 1.54) is 0 Å². The second-order valence-electron chi connectivity index (χ2n) is 10.1. The molecule has 5 rings (SSSR count). The number of methoxy groups -OCH3 is 1. The van der Waals surface area contributed by atoms with Crippen LogP contribution in [0.15, 0.2) is 97.1 Å². The van der Waals surface area contributed by atoms with Gasteiger partial charge < -0.3 is 19.4 Å². The molecule has 8 nitrogen and oxygen atoms in total. The monoisotopic (exact) mass is 549 g/mol. The minimum absolute atomic E-state index is 0.0383. The van der Waals surface area contributed by atoms with Crippen LogP contribution in [0, 0.1) is 0 Å². The lowest BCUT2D eigenvalue weighted by atomic mass is 10.1. The van der Waals surface area contributed by atoms with Crippen molar-refractivity contribution in [1.29, 1.82) is 0 Å². The van der Waals surface area contributed by atoms with Gasteiger partial charge in [-0.25, -0.2) is 0 Å². The van der Waals surface area contributed by atoms with Gasteiger partial charge in [-0.1, -0.05) is 72.8 Å². The quantitative estimate of drug-likeness (QED) is 0.307. The van der Waals surface area contributed by atoms with Gasteiger partial charge in [0.25, 0.3) is 0 Å². The SMILES string of the molecule is COc1cccc(-c2ccc(N3CCCN(C(=O)CN(Cc4ccccc4)C(=O)Cc4ccccc4)CC3)nn2)c1. The smallest absolute Gasteiger partial charge is 0.242 e. The summed E-state index contributed by atoms with van der Waals surface area (Å²) in [7, 11) is 1.64. The van der Waals surface area contributed by atoms with Crippen LogP contribution in [0.4, 0.5) is 5.82 Å². The summed E-state index contributed by atoms with van der Waals surface area (Å²) in [5, 5.41) is 8.93. The van der Waals surface area contributed by atoms with E-state index in [0.717, 1.165) is 46.9 Å². The number of carbonyl (C=O) groups is 2. The molecule has 0 aliphatic carbocycles. The van der Waals surface area contributed by atoms with Crippen LogP contribution in [-0.2, 0) is 22.6 Å². The van der Waals surface area contributed by atoms with E-state index in [2.05, 4.69) is 15.1 Å². The number of anilines is 1. The molecule has 210 valence electrons. The van der Waals surface area contributed by atoms with Gasteiger partial charge in [-0.2, -0.15) is 0 Å². The number of ether oxygens (including phenoxy) is 1. The van der Waals surface area contributed by atoms with Crippen LogP contribution < -0.4 is 9.64 Å². The van der Waals surface area contributed by atoms with Crippen molar-refractivity contribution >= 4 is 17.6 Å². The molecule has 4 aromatic rings. The number of hydrogen-bond donors (Lipinski definition) is 0. The number of rotatable bonds is 9. The van der Waals surface area contributed by atoms with E-state index in [4.69, 9.17) is 4.74 Å². The van der Waals surface area contributed by atoms with Gasteiger partial charge in [0, 0.05) is 38.3 Å². The number of nitrogens with zero attached hydrogens (tertiary/aromatic N) is 5. The summed E-state index contributed by atoms with van der Waals surface area (Å²) >= 11 is 0. The summed E-state index contributed by atoms with van der Waals surface area (Å²) in [6, 6.07) is 31.2. The number of benzene rings is 3. The van der Waals surface area contributed by atoms with Crippen LogP contribution in [0.1, 0.15) is 17.5 Å². The van der Waals surface area contributed by atoms with E-state index in [-0.39, 0.29) is 24.8 Å². The van der Waals surface area contributed by atoms with Crippen LogP contribution in [0.3, 0.4) is 0 Å². The number of carbonyl (C=O) groups excluding carboxylic acids is 2. The van der Waals surface area contributed by atoms with E-state index in [1.807, 2.05) is 102 Å². The van der Waals surface area contributed by atoms with Gasteiger partial charge in [0.1, 0.15) is 12.3 Å². The molecule has 2 heterocycles. The Balaban J connectivity index is 1.22. The van der Waals surface area contributed by atoms with E-state index < -0.39 is 0 Å². The third-order valence-corrected chi connectivity index (χ3v) is 7.28. The molecule has 1 fully saturated rings. The summed E-state index contributed by atoms with van der Waals surface area (Å²) in [6.07, 6.45) is 1.07. The van der Waals surface area contributed by atoms with Crippen molar-refractivity contribution < 1.29 is 14.3 Å². The normalized spacial score (nSPS) is 13.4. The minimum Gasteiger partial charge on any atom is -0.497 e. The summed E-state index contributed by atoms with van der Waals surface area (Å²) in [4.78, 5) is 32.5. The highest BCUT2D eigenvalue weighted by molar-refractivity contribution is 5.86. The topological polar surface area (TPSA) is 78.9 Å². The Kier molecular flexibility index (Phi) is 9.21. The first-order chi connectivity index (χ1) is 20.1. The molecule has 0 N–H and O–H groups in total. The molecule has 0 spiro atoms. The van der Waals surface area contributed by atoms with Crippen LogP contribution in [0.25, 0.3) is 11.3 Å². The lowest BCUT2D eigenvalue weighted by Crippen LogP contribution is -2.44. The average Bonchev–Trinajstić information content (AvgIpc) is 3.28. The maximum Gasteiger partial charge on any atom is 0.242 e. The predicted octanol–water partition coefficient (Wildman–Crippen LogP) is 4.46. The van der Waals surface area contributed by atoms with Crippen molar-refractivity contribution in [2.24, 2.45) is 0 Å². The van der Waals surface area contributed by atoms with E-state index in [9.17, 15) is 9.59 Å². The molecular formula is C33H35N5O3. The van der Waals surface area contributed by atoms with Gasteiger partial charge in [0.05, 0.1) is 19.2 Å². The maximum absolute atomic E-state index is 13.5. The van der Waals surface area contributed by atoms with Gasteiger partial charge in [0.2, 0.25) is 11.8 Å². The maximum atomic E-state index is 13.5. The van der Waals surface area contributed by atoms with E-state index in [0.29, 0.717) is 26.2 Å². The third kappa shape index (κ3) is 7.48. The Morgan fingerprint density at radius 1 is 0.805 bits per heavy atom. The first-order valence-electron chi connectivity index (χ1n) is 14.0. The number of hydrogen-bond acceptors (Lipinski definition) is 6. The fraction of sp³-hybridized carbons (Fsp3) is 0.273. The van der Waals surface area contributed by atoms with Crippen LogP contribution in [0.5, 0.6) is 5.75 Å². The molecular weight excluding hydrogens is 514 g/mol. The Hall–Kier alpha value is -4.72. The molecule has 0 atom stereocenters. The summed E-state index contributed by atoms with van der Waals surface area (Å²) in [6.45, 7) is 3.07. The molecule has 2 amide bonds.